The van der Waals surface area contributed by atoms with Crippen molar-refractivity contribution in [3.63, 3.8) is 0 Å². The summed E-state index contributed by atoms with van der Waals surface area (Å²) in [4.78, 5) is 5.57. The van der Waals surface area contributed by atoms with Gasteiger partial charge in [0, 0.05) is 28.2 Å². The van der Waals surface area contributed by atoms with Gasteiger partial charge in [-0.25, -0.2) is 5.43 Å². The number of aryl methyl sites for hydroxylation is 1. The van der Waals surface area contributed by atoms with Gasteiger partial charge < -0.3 is 0 Å². The maximum absolute atomic E-state index is 5.78. The van der Waals surface area contributed by atoms with E-state index in [1.165, 1.54) is 15.8 Å². The summed E-state index contributed by atoms with van der Waals surface area (Å²) in [5.41, 5.74) is 5.29. The highest BCUT2D eigenvalue weighted by Crippen LogP contribution is 2.32. The molecule has 0 fully saturated rings. The smallest absolute Gasteiger partial charge is 0.0826 e. The molecule has 1 unspecified atom stereocenters. The predicted octanol–water partition coefficient (Wildman–Crippen LogP) is 3.16. The van der Waals surface area contributed by atoms with E-state index in [0.29, 0.717) is 0 Å². The third kappa shape index (κ3) is 2.14. The number of hydrogen-bond acceptors (Lipinski definition) is 4. The molecular weight excluding hydrogens is 254 g/mol. The lowest BCUT2D eigenvalue weighted by Gasteiger charge is -2.17. The lowest BCUT2D eigenvalue weighted by atomic mass is 9.99. The minimum Gasteiger partial charge on any atom is -0.271 e. The molecule has 0 radical (unpaired) electrons. The number of benzene rings is 1. The molecule has 96 valence electrons. The number of hydrogen-bond donors (Lipinski definition) is 2. The second kappa shape index (κ2) is 5.09. The molecule has 0 aliphatic carbocycles. The molecule has 0 aliphatic heterocycles. The van der Waals surface area contributed by atoms with Crippen molar-refractivity contribution in [2.24, 2.45) is 5.84 Å². The topological polar surface area (TPSA) is 50.9 Å². The Morgan fingerprint density at radius 3 is 2.79 bits per heavy atom. The summed E-state index contributed by atoms with van der Waals surface area (Å²) in [7, 11) is 0. The van der Waals surface area contributed by atoms with Crippen molar-refractivity contribution in [1.82, 2.24) is 10.4 Å². The van der Waals surface area contributed by atoms with Gasteiger partial charge in [-0.15, -0.1) is 11.3 Å². The standard InChI is InChI=1S/C15H15N3S/c1-10-6-7-19-15(10)14(18-16)13-9-17-8-11-4-2-3-5-12(11)13/h2-9,14,18H,16H2,1H3. The second-order valence-corrected chi connectivity index (χ2v) is 5.47. The van der Waals surface area contributed by atoms with Crippen LogP contribution in [-0.2, 0) is 0 Å². The summed E-state index contributed by atoms with van der Waals surface area (Å²) < 4.78 is 0. The van der Waals surface area contributed by atoms with Crippen LogP contribution < -0.4 is 11.3 Å². The summed E-state index contributed by atoms with van der Waals surface area (Å²) in [6.45, 7) is 2.11. The van der Waals surface area contributed by atoms with Crippen LogP contribution in [0.2, 0.25) is 0 Å². The van der Waals surface area contributed by atoms with Gasteiger partial charge >= 0.3 is 0 Å². The van der Waals surface area contributed by atoms with Crippen LogP contribution in [0.25, 0.3) is 10.8 Å². The van der Waals surface area contributed by atoms with E-state index >= 15 is 0 Å². The van der Waals surface area contributed by atoms with Crippen molar-refractivity contribution in [2.75, 3.05) is 0 Å². The molecule has 1 aromatic carbocycles. The van der Waals surface area contributed by atoms with E-state index in [1.807, 2.05) is 24.5 Å². The fourth-order valence-corrected chi connectivity index (χ4v) is 3.36. The molecule has 2 aromatic heterocycles. The highest BCUT2D eigenvalue weighted by Gasteiger charge is 2.18. The SMILES string of the molecule is Cc1ccsc1C(NN)c1cncc2ccccc12. The van der Waals surface area contributed by atoms with Crippen molar-refractivity contribution < 1.29 is 0 Å². The van der Waals surface area contributed by atoms with Crippen LogP contribution in [0.1, 0.15) is 22.0 Å². The Hall–Kier alpha value is -1.75. The normalized spacial score (nSPS) is 12.7. The molecule has 3 nitrogen and oxygen atoms in total. The van der Waals surface area contributed by atoms with E-state index in [1.54, 1.807) is 11.3 Å². The van der Waals surface area contributed by atoms with E-state index < -0.39 is 0 Å². The van der Waals surface area contributed by atoms with Crippen LogP contribution in [0.5, 0.6) is 0 Å². The number of pyridine rings is 1. The maximum atomic E-state index is 5.78. The summed E-state index contributed by atoms with van der Waals surface area (Å²) in [6, 6.07) is 10.3. The zero-order valence-electron chi connectivity index (χ0n) is 10.6. The molecule has 0 spiro atoms. The Bertz CT molecular complexity index is 700. The fraction of sp³-hybridized carbons (Fsp3) is 0.133. The van der Waals surface area contributed by atoms with Gasteiger partial charge in [0.05, 0.1) is 6.04 Å². The van der Waals surface area contributed by atoms with Gasteiger partial charge in [-0.3, -0.25) is 10.8 Å². The molecule has 0 saturated carbocycles. The van der Waals surface area contributed by atoms with Crippen molar-refractivity contribution in [3.05, 3.63) is 64.1 Å². The van der Waals surface area contributed by atoms with Gasteiger partial charge in [0.15, 0.2) is 0 Å². The summed E-state index contributed by atoms with van der Waals surface area (Å²) in [5, 5.41) is 4.41. The molecule has 1 atom stereocenters. The van der Waals surface area contributed by atoms with Gasteiger partial charge in [0.2, 0.25) is 0 Å². The first-order valence-corrected chi connectivity index (χ1v) is 7.02. The Morgan fingerprint density at radius 2 is 2.05 bits per heavy atom. The zero-order chi connectivity index (χ0) is 13.2. The van der Waals surface area contributed by atoms with E-state index in [9.17, 15) is 0 Å². The van der Waals surface area contributed by atoms with Gasteiger partial charge in [0.1, 0.15) is 0 Å². The Kier molecular flexibility index (Phi) is 3.29. The van der Waals surface area contributed by atoms with Crippen LogP contribution in [-0.4, -0.2) is 4.98 Å². The average Bonchev–Trinajstić information content (AvgIpc) is 2.86. The number of fused-ring (bicyclic) bond motifs is 1. The van der Waals surface area contributed by atoms with Crippen LogP contribution in [0.15, 0.2) is 48.1 Å². The van der Waals surface area contributed by atoms with Gasteiger partial charge in [-0.1, -0.05) is 24.3 Å². The molecule has 3 N–H and O–H groups in total. The van der Waals surface area contributed by atoms with Gasteiger partial charge in [-0.2, -0.15) is 0 Å². The van der Waals surface area contributed by atoms with Gasteiger partial charge in [-0.05, 0) is 29.3 Å². The van der Waals surface area contributed by atoms with Crippen molar-refractivity contribution in [2.45, 2.75) is 13.0 Å². The number of nitrogens with zero attached hydrogens (tertiary/aromatic N) is 1. The molecule has 0 saturated heterocycles. The number of nitrogens with two attached hydrogens (primary N) is 1. The summed E-state index contributed by atoms with van der Waals surface area (Å²) >= 11 is 1.72. The lowest BCUT2D eigenvalue weighted by molar-refractivity contribution is 0.646. The molecule has 2 heterocycles. The molecular formula is C15H15N3S. The molecule has 3 rings (SSSR count). The maximum Gasteiger partial charge on any atom is 0.0826 e. The molecule has 4 heteroatoms. The largest absolute Gasteiger partial charge is 0.271 e. The zero-order valence-corrected chi connectivity index (χ0v) is 11.4. The van der Waals surface area contributed by atoms with Crippen molar-refractivity contribution in [1.29, 1.82) is 0 Å². The van der Waals surface area contributed by atoms with Crippen molar-refractivity contribution >= 4 is 22.1 Å². The summed E-state index contributed by atoms with van der Waals surface area (Å²) in [5.74, 6) is 5.78. The highest BCUT2D eigenvalue weighted by molar-refractivity contribution is 7.10. The third-order valence-corrected chi connectivity index (χ3v) is 4.42. The Balaban J connectivity index is 2.20. The minimum absolute atomic E-state index is 0.0152. The Morgan fingerprint density at radius 1 is 1.21 bits per heavy atom. The average molecular weight is 269 g/mol. The van der Waals surface area contributed by atoms with Crippen LogP contribution in [0.4, 0.5) is 0 Å². The van der Waals surface area contributed by atoms with E-state index in [-0.39, 0.29) is 6.04 Å². The number of rotatable bonds is 3. The number of hydrazine groups is 1. The molecule has 0 aliphatic rings. The predicted molar refractivity (Wildman–Crippen MR) is 80.0 cm³/mol. The molecule has 3 aromatic rings. The van der Waals surface area contributed by atoms with Gasteiger partial charge in [0.25, 0.3) is 0 Å². The fourth-order valence-electron chi connectivity index (χ4n) is 2.36. The van der Waals surface area contributed by atoms with Crippen LogP contribution in [0.3, 0.4) is 0 Å². The first-order valence-electron chi connectivity index (χ1n) is 6.14. The Labute approximate surface area is 116 Å². The number of thiophene rings is 1. The molecule has 0 amide bonds. The third-order valence-electron chi connectivity index (χ3n) is 3.34. The second-order valence-electron chi connectivity index (χ2n) is 4.52. The molecule has 19 heavy (non-hydrogen) atoms. The summed E-state index contributed by atoms with van der Waals surface area (Å²) in [6.07, 6.45) is 3.78. The first-order chi connectivity index (χ1) is 9.31. The monoisotopic (exact) mass is 269 g/mol. The highest BCUT2D eigenvalue weighted by atomic mass is 32.1. The quantitative estimate of drug-likeness (QED) is 0.567. The number of nitrogens with one attached hydrogen (secondary N) is 1. The van der Waals surface area contributed by atoms with Crippen LogP contribution >= 0.6 is 11.3 Å². The van der Waals surface area contributed by atoms with E-state index in [0.717, 1.165) is 10.9 Å². The number of aromatic nitrogens is 1. The van der Waals surface area contributed by atoms with Crippen LogP contribution in [0, 0.1) is 6.92 Å². The van der Waals surface area contributed by atoms with E-state index in [2.05, 4.69) is 40.9 Å². The first kappa shape index (κ1) is 12.3. The van der Waals surface area contributed by atoms with Crippen molar-refractivity contribution in [3.8, 4) is 0 Å². The minimum atomic E-state index is -0.0152. The molecule has 0 bridgehead atoms. The van der Waals surface area contributed by atoms with E-state index in [4.69, 9.17) is 5.84 Å². The lowest BCUT2D eigenvalue weighted by Crippen LogP contribution is -2.28.